The highest BCUT2D eigenvalue weighted by molar-refractivity contribution is 9.10. The highest BCUT2D eigenvalue weighted by Gasteiger charge is 2.18. The molecular formula is C20H23BrN4. The molecule has 0 spiro atoms. The lowest BCUT2D eigenvalue weighted by molar-refractivity contribution is 0.312. The van der Waals surface area contributed by atoms with Crippen LogP contribution in [0.25, 0.3) is 22.2 Å². The molecule has 1 fully saturated rings. The smallest absolute Gasteiger partial charge is 0.138 e. The first-order valence-electron chi connectivity index (χ1n) is 8.70. The second-order valence-corrected chi connectivity index (χ2v) is 7.86. The van der Waals surface area contributed by atoms with Crippen molar-refractivity contribution in [3.05, 3.63) is 46.2 Å². The summed E-state index contributed by atoms with van der Waals surface area (Å²) in [5.41, 5.74) is 7.38. The number of benzene rings is 1. The molecule has 1 aliphatic heterocycles. The summed E-state index contributed by atoms with van der Waals surface area (Å²) in [7, 11) is 2.20. The minimum Gasteiger partial charge on any atom is -0.369 e. The number of H-pyrrole nitrogens is 1. The zero-order valence-corrected chi connectivity index (χ0v) is 16.5. The molecule has 1 aliphatic rings. The largest absolute Gasteiger partial charge is 0.369 e. The number of rotatable bonds is 2. The molecule has 0 atom stereocenters. The number of aryl methyl sites for hydroxylation is 2. The molecule has 4 rings (SSSR count). The average molecular weight is 399 g/mol. The molecule has 1 N–H and O–H groups in total. The van der Waals surface area contributed by atoms with Crippen molar-refractivity contribution in [3.8, 4) is 11.1 Å². The average Bonchev–Trinajstić information content (AvgIpc) is 2.96. The van der Waals surface area contributed by atoms with Crippen LogP contribution in [0.15, 0.2) is 35.1 Å². The fourth-order valence-corrected chi connectivity index (χ4v) is 4.20. The van der Waals surface area contributed by atoms with Gasteiger partial charge in [0, 0.05) is 59.7 Å². The van der Waals surface area contributed by atoms with Crippen molar-refractivity contribution in [1.29, 1.82) is 0 Å². The van der Waals surface area contributed by atoms with Crippen molar-refractivity contribution in [2.24, 2.45) is 0 Å². The Hall–Kier alpha value is -1.85. The van der Waals surface area contributed by atoms with Gasteiger partial charge in [-0.2, -0.15) is 0 Å². The van der Waals surface area contributed by atoms with E-state index in [4.69, 9.17) is 0 Å². The molecule has 25 heavy (non-hydrogen) atoms. The first-order chi connectivity index (χ1) is 12.0. The number of piperazine rings is 1. The zero-order valence-electron chi connectivity index (χ0n) is 14.9. The molecule has 0 amide bonds. The van der Waals surface area contributed by atoms with Gasteiger partial charge in [0.1, 0.15) is 5.65 Å². The van der Waals surface area contributed by atoms with Gasteiger partial charge in [0.15, 0.2) is 0 Å². The predicted octanol–water partition coefficient (Wildman–Crippen LogP) is 4.36. The highest BCUT2D eigenvalue weighted by Crippen LogP contribution is 2.33. The molecular weight excluding hydrogens is 376 g/mol. The molecule has 0 aliphatic carbocycles. The summed E-state index contributed by atoms with van der Waals surface area (Å²) in [6, 6.07) is 6.79. The number of anilines is 1. The van der Waals surface area contributed by atoms with Crippen LogP contribution in [-0.2, 0) is 0 Å². The second-order valence-electron chi connectivity index (χ2n) is 7.01. The van der Waals surface area contributed by atoms with Crippen LogP contribution in [0.2, 0.25) is 0 Å². The third-order valence-corrected chi connectivity index (χ3v) is 5.78. The van der Waals surface area contributed by atoms with Gasteiger partial charge in [0.2, 0.25) is 0 Å². The summed E-state index contributed by atoms with van der Waals surface area (Å²) >= 11 is 3.59. The van der Waals surface area contributed by atoms with Gasteiger partial charge < -0.3 is 14.8 Å². The van der Waals surface area contributed by atoms with Crippen molar-refractivity contribution in [3.63, 3.8) is 0 Å². The van der Waals surface area contributed by atoms with Gasteiger partial charge in [-0.1, -0.05) is 0 Å². The van der Waals surface area contributed by atoms with Gasteiger partial charge in [0.05, 0.1) is 0 Å². The van der Waals surface area contributed by atoms with Gasteiger partial charge in [-0.15, -0.1) is 0 Å². The van der Waals surface area contributed by atoms with Crippen LogP contribution in [0.5, 0.6) is 0 Å². The number of fused-ring (bicyclic) bond motifs is 1. The van der Waals surface area contributed by atoms with Crippen LogP contribution < -0.4 is 4.90 Å². The van der Waals surface area contributed by atoms with E-state index < -0.39 is 0 Å². The first kappa shape index (κ1) is 16.6. The number of hydrogen-bond acceptors (Lipinski definition) is 3. The van der Waals surface area contributed by atoms with E-state index in [0.717, 1.165) is 47.2 Å². The van der Waals surface area contributed by atoms with E-state index in [9.17, 15) is 0 Å². The van der Waals surface area contributed by atoms with Gasteiger partial charge in [-0.25, -0.2) is 4.98 Å². The minimum absolute atomic E-state index is 0.915. The number of nitrogens with one attached hydrogen (secondary N) is 1. The summed E-state index contributed by atoms with van der Waals surface area (Å²) in [5.74, 6) is 0. The molecule has 0 saturated carbocycles. The molecule has 1 aromatic carbocycles. The number of nitrogens with zero attached hydrogens (tertiary/aromatic N) is 3. The Morgan fingerprint density at radius 1 is 1.00 bits per heavy atom. The number of aromatic nitrogens is 2. The molecule has 0 unspecified atom stereocenters. The Morgan fingerprint density at radius 3 is 2.36 bits per heavy atom. The SMILES string of the molecule is Cc1cc(-c2cnc3[nH]cc(Br)c3c2)cc(C)c1N1CCN(C)CC1. The number of hydrogen-bond donors (Lipinski definition) is 1. The van der Waals surface area contributed by atoms with E-state index in [1.807, 2.05) is 12.4 Å². The lowest BCUT2D eigenvalue weighted by Gasteiger charge is -2.36. The Morgan fingerprint density at radius 2 is 1.68 bits per heavy atom. The summed E-state index contributed by atoms with van der Waals surface area (Å²) in [5, 5.41) is 1.12. The van der Waals surface area contributed by atoms with Crippen molar-refractivity contribution in [1.82, 2.24) is 14.9 Å². The normalized spacial score (nSPS) is 15.9. The maximum absolute atomic E-state index is 4.56. The molecule has 130 valence electrons. The van der Waals surface area contributed by atoms with E-state index in [0.29, 0.717) is 0 Å². The molecule has 5 heteroatoms. The van der Waals surface area contributed by atoms with Crippen molar-refractivity contribution < 1.29 is 0 Å². The van der Waals surface area contributed by atoms with Gasteiger partial charge in [0.25, 0.3) is 0 Å². The van der Waals surface area contributed by atoms with Crippen molar-refractivity contribution >= 4 is 32.7 Å². The maximum atomic E-state index is 4.56. The van der Waals surface area contributed by atoms with E-state index in [-0.39, 0.29) is 0 Å². The maximum Gasteiger partial charge on any atom is 0.138 e. The van der Waals surface area contributed by atoms with E-state index in [1.165, 1.54) is 22.4 Å². The number of likely N-dealkylation sites (N-methyl/N-ethyl adjacent to an activating group) is 1. The summed E-state index contributed by atoms with van der Waals surface area (Å²) < 4.78 is 1.05. The summed E-state index contributed by atoms with van der Waals surface area (Å²) in [4.78, 5) is 12.7. The molecule has 3 aromatic rings. The molecule has 4 nitrogen and oxygen atoms in total. The Bertz CT molecular complexity index is 900. The van der Waals surface area contributed by atoms with Gasteiger partial charge in [-0.05, 0) is 71.7 Å². The molecule has 2 aromatic heterocycles. The fraction of sp³-hybridized carbons (Fsp3) is 0.350. The summed E-state index contributed by atoms with van der Waals surface area (Å²) in [6.45, 7) is 8.90. The monoisotopic (exact) mass is 398 g/mol. The molecule has 3 heterocycles. The quantitative estimate of drug-likeness (QED) is 0.696. The van der Waals surface area contributed by atoms with Crippen LogP contribution in [-0.4, -0.2) is 48.1 Å². The number of pyridine rings is 1. The predicted molar refractivity (Wildman–Crippen MR) is 108 cm³/mol. The molecule has 0 radical (unpaired) electrons. The minimum atomic E-state index is 0.915. The molecule has 0 bridgehead atoms. The Balaban J connectivity index is 1.72. The van der Waals surface area contributed by atoms with Crippen LogP contribution in [0, 0.1) is 13.8 Å². The van der Waals surface area contributed by atoms with Crippen molar-refractivity contribution in [2.45, 2.75) is 13.8 Å². The fourth-order valence-electron chi connectivity index (χ4n) is 3.78. The van der Waals surface area contributed by atoms with Gasteiger partial charge in [-0.3, -0.25) is 0 Å². The summed E-state index contributed by atoms with van der Waals surface area (Å²) in [6.07, 6.45) is 3.89. The van der Waals surface area contributed by atoms with Crippen LogP contribution in [0.1, 0.15) is 11.1 Å². The third kappa shape index (κ3) is 3.07. The Kier molecular flexibility index (Phi) is 4.29. The van der Waals surface area contributed by atoms with Crippen LogP contribution >= 0.6 is 15.9 Å². The number of halogens is 1. The van der Waals surface area contributed by atoms with Crippen LogP contribution in [0.4, 0.5) is 5.69 Å². The van der Waals surface area contributed by atoms with Crippen LogP contribution in [0.3, 0.4) is 0 Å². The topological polar surface area (TPSA) is 35.2 Å². The van der Waals surface area contributed by atoms with E-state index in [2.05, 4.69) is 74.8 Å². The van der Waals surface area contributed by atoms with E-state index >= 15 is 0 Å². The zero-order chi connectivity index (χ0) is 17.6. The third-order valence-electron chi connectivity index (χ3n) is 5.12. The highest BCUT2D eigenvalue weighted by atomic mass is 79.9. The van der Waals surface area contributed by atoms with Gasteiger partial charge >= 0.3 is 0 Å². The lowest BCUT2D eigenvalue weighted by atomic mass is 9.98. The standard InChI is InChI=1S/C20H23BrN4/c1-13-8-15(16-10-17-18(21)12-23-20(17)22-11-16)9-14(2)19(13)25-6-4-24(3)5-7-25/h8-12H,4-7H2,1-3H3,(H,22,23). The van der Waals surface area contributed by atoms with E-state index in [1.54, 1.807) is 0 Å². The molecule has 1 saturated heterocycles. The second kappa shape index (κ2) is 6.46. The first-order valence-corrected chi connectivity index (χ1v) is 9.50. The Labute approximate surface area is 157 Å². The van der Waals surface area contributed by atoms with Crippen molar-refractivity contribution in [2.75, 3.05) is 38.1 Å². The number of aromatic amines is 1. The lowest BCUT2D eigenvalue weighted by Crippen LogP contribution is -2.45.